The SMILES string of the molecule is C=C(S/C(=C\C)[C@H](O)c1ccc(OC(F)F)c(-c2ccnc(OC(F)F)c2)c1)C(C)(C)O. The van der Waals surface area contributed by atoms with Crippen LogP contribution < -0.4 is 9.47 Å². The molecule has 0 spiro atoms. The number of halogens is 4. The number of thioether (sulfide) groups is 1. The number of ether oxygens (including phenoxy) is 2. The Labute approximate surface area is 187 Å². The molecule has 2 N–H and O–H groups in total. The fraction of sp³-hybridized carbons (Fsp3) is 0.318. The fourth-order valence-electron chi connectivity index (χ4n) is 2.58. The highest BCUT2D eigenvalue weighted by Gasteiger charge is 2.24. The molecule has 1 aromatic heterocycles. The number of aliphatic hydroxyl groups excluding tert-OH is 1. The number of hydrogen-bond acceptors (Lipinski definition) is 6. The fourth-order valence-corrected chi connectivity index (χ4v) is 3.48. The van der Waals surface area contributed by atoms with E-state index in [1.165, 1.54) is 30.5 Å². The predicted octanol–water partition coefficient (Wildman–Crippen LogP) is 5.91. The maximum absolute atomic E-state index is 12.9. The Bertz CT molecular complexity index is 977. The van der Waals surface area contributed by atoms with Crippen molar-refractivity contribution in [3.63, 3.8) is 0 Å². The summed E-state index contributed by atoms with van der Waals surface area (Å²) in [5.74, 6) is -0.627. The molecule has 1 aromatic carbocycles. The van der Waals surface area contributed by atoms with Crippen molar-refractivity contribution in [2.24, 2.45) is 0 Å². The van der Waals surface area contributed by atoms with E-state index >= 15 is 0 Å². The number of aliphatic hydroxyl groups is 2. The van der Waals surface area contributed by atoms with Crippen molar-refractivity contribution in [1.29, 1.82) is 0 Å². The highest BCUT2D eigenvalue weighted by Crippen LogP contribution is 2.41. The maximum atomic E-state index is 12.9. The molecule has 2 rings (SSSR count). The summed E-state index contributed by atoms with van der Waals surface area (Å²) in [5.41, 5.74) is -0.545. The van der Waals surface area contributed by atoms with E-state index in [0.29, 0.717) is 15.4 Å². The third-order valence-corrected chi connectivity index (χ3v) is 5.71. The van der Waals surface area contributed by atoms with Crippen LogP contribution >= 0.6 is 11.8 Å². The summed E-state index contributed by atoms with van der Waals surface area (Å²) in [6.07, 6.45) is 1.64. The van der Waals surface area contributed by atoms with Crippen LogP contribution in [0.4, 0.5) is 17.6 Å². The summed E-state index contributed by atoms with van der Waals surface area (Å²) in [4.78, 5) is 4.50. The van der Waals surface area contributed by atoms with E-state index in [2.05, 4.69) is 21.0 Å². The molecular formula is C22H23F4NO4S. The summed E-state index contributed by atoms with van der Waals surface area (Å²) < 4.78 is 59.7. The molecule has 0 amide bonds. The standard InChI is InChI=1S/C22H23F4NO4S/c1-5-17(32-12(2)22(3,4)29)19(28)14-6-7-16(30-20(23)24)15(10-14)13-8-9-27-18(11-13)31-21(25)26/h5-11,19-21,28-29H,2H2,1,3-4H3/b17-5-/t19-/m1/s1. The zero-order chi connectivity index (χ0) is 24.1. The maximum Gasteiger partial charge on any atom is 0.388 e. The highest BCUT2D eigenvalue weighted by atomic mass is 32.2. The van der Waals surface area contributed by atoms with E-state index in [-0.39, 0.29) is 16.9 Å². The molecular weight excluding hydrogens is 450 g/mol. The van der Waals surface area contributed by atoms with Crippen LogP contribution in [0.3, 0.4) is 0 Å². The van der Waals surface area contributed by atoms with E-state index in [1.54, 1.807) is 26.8 Å². The quantitative estimate of drug-likeness (QED) is 0.418. The first-order valence-electron chi connectivity index (χ1n) is 9.36. The van der Waals surface area contributed by atoms with Crippen molar-refractivity contribution < 1.29 is 37.2 Å². The summed E-state index contributed by atoms with van der Waals surface area (Å²) in [7, 11) is 0. The number of benzene rings is 1. The highest BCUT2D eigenvalue weighted by molar-refractivity contribution is 8.06. The minimum absolute atomic E-state index is 0.116. The molecule has 0 saturated carbocycles. The number of nitrogens with zero attached hydrogens (tertiary/aromatic N) is 1. The lowest BCUT2D eigenvalue weighted by atomic mass is 9.99. The van der Waals surface area contributed by atoms with Gasteiger partial charge in [-0.2, -0.15) is 17.6 Å². The van der Waals surface area contributed by atoms with Gasteiger partial charge < -0.3 is 19.7 Å². The molecule has 0 saturated heterocycles. The Morgan fingerprint density at radius 2 is 1.78 bits per heavy atom. The third kappa shape index (κ3) is 6.98. The van der Waals surface area contributed by atoms with Gasteiger partial charge in [0.05, 0.1) is 5.60 Å². The molecule has 1 atom stereocenters. The minimum Gasteiger partial charge on any atom is -0.434 e. The molecule has 1 heterocycles. The molecule has 5 nitrogen and oxygen atoms in total. The van der Waals surface area contributed by atoms with Crippen LogP contribution in [0.2, 0.25) is 0 Å². The van der Waals surface area contributed by atoms with Gasteiger partial charge in [0.15, 0.2) is 0 Å². The zero-order valence-corrected chi connectivity index (χ0v) is 18.4. The molecule has 0 bridgehead atoms. The summed E-state index contributed by atoms with van der Waals surface area (Å²) in [6, 6.07) is 6.61. The van der Waals surface area contributed by atoms with Gasteiger partial charge >= 0.3 is 13.2 Å². The van der Waals surface area contributed by atoms with Crippen LogP contribution in [-0.2, 0) is 0 Å². The topological polar surface area (TPSA) is 71.8 Å². The second-order valence-corrected chi connectivity index (χ2v) is 8.24. The van der Waals surface area contributed by atoms with Crippen molar-refractivity contribution >= 4 is 11.8 Å². The van der Waals surface area contributed by atoms with E-state index in [4.69, 9.17) is 0 Å². The largest absolute Gasteiger partial charge is 0.434 e. The minimum atomic E-state index is -3.13. The van der Waals surface area contributed by atoms with Crippen LogP contribution in [0, 0.1) is 0 Å². The average molecular weight is 473 g/mol. The first-order valence-corrected chi connectivity index (χ1v) is 10.2. The zero-order valence-electron chi connectivity index (χ0n) is 17.6. The van der Waals surface area contributed by atoms with Crippen LogP contribution in [-0.4, -0.2) is 34.0 Å². The van der Waals surface area contributed by atoms with Crippen molar-refractivity contribution in [2.75, 3.05) is 0 Å². The Balaban J connectivity index is 2.47. The second-order valence-electron chi connectivity index (χ2n) is 7.07. The van der Waals surface area contributed by atoms with Crippen molar-refractivity contribution in [3.05, 3.63) is 64.6 Å². The van der Waals surface area contributed by atoms with Gasteiger partial charge in [-0.3, -0.25) is 0 Å². The first-order chi connectivity index (χ1) is 14.9. The van der Waals surface area contributed by atoms with Crippen molar-refractivity contribution in [3.8, 4) is 22.8 Å². The van der Waals surface area contributed by atoms with E-state index in [9.17, 15) is 27.8 Å². The molecule has 0 aliphatic heterocycles. The molecule has 10 heteroatoms. The van der Waals surface area contributed by atoms with Gasteiger partial charge in [0, 0.05) is 27.6 Å². The lowest BCUT2D eigenvalue weighted by Crippen LogP contribution is -2.19. The molecule has 0 aliphatic rings. The number of aromatic nitrogens is 1. The number of hydrogen-bond donors (Lipinski definition) is 2. The van der Waals surface area contributed by atoms with E-state index in [1.807, 2.05) is 0 Å². The predicted molar refractivity (Wildman–Crippen MR) is 115 cm³/mol. The van der Waals surface area contributed by atoms with Gasteiger partial charge in [0.1, 0.15) is 11.9 Å². The molecule has 174 valence electrons. The van der Waals surface area contributed by atoms with E-state index in [0.717, 1.165) is 17.8 Å². The van der Waals surface area contributed by atoms with Gasteiger partial charge in [-0.15, -0.1) is 0 Å². The van der Waals surface area contributed by atoms with Gasteiger partial charge in [0.25, 0.3) is 0 Å². The summed E-state index contributed by atoms with van der Waals surface area (Å²) in [5, 5.41) is 21.0. The van der Waals surface area contributed by atoms with Crippen LogP contribution in [0.1, 0.15) is 32.4 Å². The Morgan fingerprint density at radius 1 is 1.12 bits per heavy atom. The van der Waals surface area contributed by atoms with Gasteiger partial charge in [-0.1, -0.05) is 30.5 Å². The Kier molecular flexibility index (Phi) is 8.71. The number of allylic oxidation sites excluding steroid dienone is 1. The van der Waals surface area contributed by atoms with Crippen molar-refractivity contribution in [2.45, 2.75) is 45.7 Å². The van der Waals surface area contributed by atoms with Crippen LogP contribution in [0.5, 0.6) is 11.6 Å². The lowest BCUT2D eigenvalue weighted by Gasteiger charge is -2.23. The molecule has 0 radical (unpaired) electrons. The van der Waals surface area contributed by atoms with Gasteiger partial charge in [-0.05, 0) is 50.1 Å². The molecule has 0 unspecified atom stereocenters. The number of alkyl halides is 4. The molecule has 0 aliphatic carbocycles. The number of rotatable bonds is 10. The molecule has 32 heavy (non-hydrogen) atoms. The third-order valence-electron chi connectivity index (χ3n) is 4.27. The summed E-state index contributed by atoms with van der Waals surface area (Å²) in [6.45, 7) is 2.37. The normalized spacial score (nSPS) is 13.4. The Hall–Kier alpha value is -2.56. The molecule has 0 fully saturated rings. The average Bonchev–Trinajstić information content (AvgIpc) is 2.70. The van der Waals surface area contributed by atoms with Crippen LogP contribution in [0.15, 0.2) is 59.0 Å². The van der Waals surface area contributed by atoms with Crippen molar-refractivity contribution in [1.82, 2.24) is 4.98 Å². The van der Waals surface area contributed by atoms with Crippen LogP contribution in [0.25, 0.3) is 11.1 Å². The molecule has 2 aromatic rings. The second kappa shape index (κ2) is 10.8. The van der Waals surface area contributed by atoms with Gasteiger partial charge in [-0.25, -0.2) is 4.98 Å². The van der Waals surface area contributed by atoms with Gasteiger partial charge in [0.2, 0.25) is 5.88 Å². The number of pyridine rings is 1. The Morgan fingerprint density at radius 3 is 2.34 bits per heavy atom. The summed E-state index contributed by atoms with van der Waals surface area (Å²) >= 11 is 1.08. The first kappa shape index (κ1) is 25.7. The monoisotopic (exact) mass is 473 g/mol. The smallest absolute Gasteiger partial charge is 0.388 e. The van der Waals surface area contributed by atoms with E-state index < -0.39 is 30.8 Å². The lowest BCUT2D eigenvalue weighted by molar-refractivity contribution is -0.0528.